The quantitative estimate of drug-likeness (QED) is 0.832. The summed E-state index contributed by atoms with van der Waals surface area (Å²) < 4.78 is 46.6. The lowest BCUT2D eigenvalue weighted by molar-refractivity contribution is 0.0179. The molecule has 1 fully saturated rings. The molecular weight excluding hydrogens is 363 g/mol. The highest BCUT2D eigenvalue weighted by atomic mass is 32.2. The van der Waals surface area contributed by atoms with Crippen LogP contribution in [0.15, 0.2) is 40.6 Å². The van der Waals surface area contributed by atoms with E-state index in [4.69, 9.17) is 4.74 Å². The molecule has 2 aromatic rings. The first kappa shape index (κ1) is 18.5. The fraction of sp³-hybridized carbons (Fsp3) is 0.412. The highest BCUT2D eigenvalue weighted by Gasteiger charge is 2.25. The zero-order chi connectivity index (χ0) is 17.9. The zero-order valence-electron chi connectivity index (χ0n) is 13.9. The fourth-order valence-electron chi connectivity index (χ4n) is 2.84. The van der Waals surface area contributed by atoms with Gasteiger partial charge in [0.05, 0.1) is 24.2 Å². The number of thiophene rings is 1. The predicted molar refractivity (Wildman–Crippen MR) is 95.8 cm³/mol. The molecule has 0 unspecified atom stereocenters. The van der Waals surface area contributed by atoms with Gasteiger partial charge in [-0.25, -0.2) is 17.5 Å². The molecule has 136 valence electrons. The van der Waals surface area contributed by atoms with Crippen molar-refractivity contribution in [2.24, 2.45) is 0 Å². The molecule has 0 radical (unpaired) electrons. The summed E-state index contributed by atoms with van der Waals surface area (Å²) in [4.78, 5) is 3.42. The van der Waals surface area contributed by atoms with Gasteiger partial charge in [0.1, 0.15) is 5.82 Å². The normalized spacial score (nSPS) is 17.5. The number of ether oxygens (including phenoxy) is 1. The van der Waals surface area contributed by atoms with E-state index in [1.807, 2.05) is 17.5 Å². The van der Waals surface area contributed by atoms with E-state index < -0.39 is 15.8 Å². The second-order valence-corrected chi connectivity index (χ2v) is 8.69. The van der Waals surface area contributed by atoms with Crippen molar-refractivity contribution in [1.29, 1.82) is 0 Å². The van der Waals surface area contributed by atoms with Crippen LogP contribution in [0.3, 0.4) is 0 Å². The molecule has 5 nitrogen and oxygen atoms in total. The molecule has 0 amide bonds. The second-order valence-electron chi connectivity index (χ2n) is 5.94. The number of rotatable bonds is 6. The summed E-state index contributed by atoms with van der Waals surface area (Å²) in [5.74, 6) is -0.413. The Morgan fingerprint density at radius 1 is 1.32 bits per heavy atom. The summed E-state index contributed by atoms with van der Waals surface area (Å²) in [6.45, 7) is 4.63. The van der Waals surface area contributed by atoms with Crippen molar-refractivity contribution in [3.8, 4) is 0 Å². The Morgan fingerprint density at radius 2 is 2.08 bits per heavy atom. The van der Waals surface area contributed by atoms with Crippen LogP contribution in [0, 0.1) is 12.7 Å². The highest BCUT2D eigenvalue weighted by molar-refractivity contribution is 7.89. The van der Waals surface area contributed by atoms with Gasteiger partial charge in [-0.1, -0.05) is 6.07 Å². The van der Waals surface area contributed by atoms with E-state index in [2.05, 4.69) is 9.62 Å². The topological polar surface area (TPSA) is 58.6 Å². The van der Waals surface area contributed by atoms with Crippen LogP contribution in [0.5, 0.6) is 0 Å². The van der Waals surface area contributed by atoms with Crippen molar-refractivity contribution in [3.63, 3.8) is 0 Å². The molecule has 1 atom stereocenters. The van der Waals surface area contributed by atoms with Gasteiger partial charge in [0.25, 0.3) is 0 Å². The first-order valence-corrected chi connectivity index (χ1v) is 10.4. The van der Waals surface area contributed by atoms with Crippen molar-refractivity contribution >= 4 is 21.4 Å². The van der Waals surface area contributed by atoms with Crippen molar-refractivity contribution in [2.75, 3.05) is 32.8 Å². The van der Waals surface area contributed by atoms with Crippen LogP contribution in [0.1, 0.15) is 16.5 Å². The maximum atomic E-state index is 13.4. The third-order valence-electron chi connectivity index (χ3n) is 4.26. The molecule has 0 bridgehead atoms. The number of halogens is 1. The van der Waals surface area contributed by atoms with E-state index in [0.29, 0.717) is 18.8 Å². The van der Waals surface area contributed by atoms with Gasteiger partial charge in [-0.2, -0.15) is 0 Å². The molecule has 1 saturated heterocycles. The van der Waals surface area contributed by atoms with Crippen LogP contribution in [0.25, 0.3) is 0 Å². The molecule has 1 N–H and O–H groups in total. The smallest absolute Gasteiger partial charge is 0.240 e. The summed E-state index contributed by atoms with van der Waals surface area (Å²) >= 11 is 1.61. The van der Waals surface area contributed by atoms with E-state index in [0.717, 1.165) is 18.0 Å². The van der Waals surface area contributed by atoms with Gasteiger partial charge in [-0.05, 0) is 42.1 Å². The van der Waals surface area contributed by atoms with E-state index in [9.17, 15) is 12.8 Å². The van der Waals surface area contributed by atoms with Crippen molar-refractivity contribution in [3.05, 3.63) is 52.0 Å². The van der Waals surface area contributed by atoms with E-state index in [1.165, 1.54) is 18.2 Å². The summed E-state index contributed by atoms with van der Waals surface area (Å²) in [7, 11) is -3.69. The van der Waals surface area contributed by atoms with E-state index in [1.54, 1.807) is 18.3 Å². The number of aryl methyl sites for hydroxylation is 1. The van der Waals surface area contributed by atoms with Crippen LogP contribution < -0.4 is 4.72 Å². The summed E-state index contributed by atoms with van der Waals surface area (Å²) in [5, 5.41) is 1.99. The van der Waals surface area contributed by atoms with Gasteiger partial charge in [-0.15, -0.1) is 11.3 Å². The lowest BCUT2D eigenvalue weighted by Gasteiger charge is -2.34. The molecule has 0 spiro atoms. The minimum atomic E-state index is -3.69. The lowest BCUT2D eigenvalue weighted by Crippen LogP contribution is -2.43. The largest absolute Gasteiger partial charge is 0.379 e. The average Bonchev–Trinajstić information content (AvgIpc) is 3.12. The Bertz CT molecular complexity index is 803. The number of nitrogens with zero attached hydrogens (tertiary/aromatic N) is 1. The number of hydrogen-bond donors (Lipinski definition) is 1. The first-order chi connectivity index (χ1) is 12.0. The molecule has 2 heterocycles. The zero-order valence-corrected chi connectivity index (χ0v) is 15.6. The summed E-state index contributed by atoms with van der Waals surface area (Å²) in [6.07, 6.45) is 0. The Kier molecular flexibility index (Phi) is 5.85. The number of morpholine rings is 1. The first-order valence-electron chi connectivity index (χ1n) is 8.08. The minimum absolute atomic E-state index is 0.0415. The Labute approximate surface area is 151 Å². The number of benzene rings is 1. The maximum absolute atomic E-state index is 13.4. The van der Waals surface area contributed by atoms with Gasteiger partial charge in [0, 0.05) is 24.5 Å². The summed E-state index contributed by atoms with van der Waals surface area (Å²) in [5.41, 5.74) is 0.311. The van der Waals surface area contributed by atoms with Gasteiger partial charge in [-0.3, -0.25) is 4.90 Å². The van der Waals surface area contributed by atoms with Gasteiger partial charge < -0.3 is 4.74 Å². The molecule has 1 aromatic carbocycles. The molecule has 0 aliphatic carbocycles. The molecular formula is C17H21FN2O3S2. The highest BCUT2D eigenvalue weighted by Crippen LogP contribution is 2.26. The van der Waals surface area contributed by atoms with Gasteiger partial charge in [0.15, 0.2) is 0 Å². The molecule has 1 aromatic heterocycles. The number of nitrogens with one attached hydrogen (secondary N) is 1. The number of sulfonamides is 1. The lowest BCUT2D eigenvalue weighted by atomic mass is 10.2. The average molecular weight is 384 g/mol. The van der Waals surface area contributed by atoms with Crippen LogP contribution in [0.4, 0.5) is 4.39 Å². The standard InChI is InChI=1S/C17H21FN2O3S2/c1-13-11-14(4-5-15(13)18)25(21,22)19-12-16(17-3-2-10-24-17)20-6-8-23-9-7-20/h2-5,10-11,16,19H,6-9,12H2,1H3/t16-/m0/s1. The molecule has 1 aliphatic rings. The monoisotopic (exact) mass is 384 g/mol. The third kappa shape index (κ3) is 4.45. The van der Waals surface area contributed by atoms with Gasteiger partial charge >= 0.3 is 0 Å². The maximum Gasteiger partial charge on any atom is 0.240 e. The van der Waals surface area contributed by atoms with Crippen LogP contribution in [-0.4, -0.2) is 46.2 Å². The number of hydrogen-bond acceptors (Lipinski definition) is 5. The van der Waals surface area contributed by atoms with Crippen LogP contribution in [-0.2, 0) is 14.8 Å². The van der Waals surface area contributed by atoms with Crippen molar-refractivity contribution in [2.45, 2.75) is 17.9 Å². The minimum Gasteiger partial charge on any atom is -0.379 e. The summed E-state index contributed by atoms with van der Waals surface area (Å²) in [6, 6.07) is 7.77. The molecule has 0 saturated carbocycles. The molecule has 25 heavy (non-hydrogen) atoms. The SMILES string of the molecule is Cc1cc(S(=O)(=O)NC[C@@H](c2cccs2)N2CCOCC2)ccc1F. The molecule has 8 heteroatoms. The Hall–Kier alpha value is -1.32. The molecule has 1 aliphatic heterocycles. The van der Waals surface area contributed by atoms with E-state index >= 15 is 0 Å². The molecule has 3 rings (SSSR count). The Balaban J connectivity index is 1.76. The third-order valence-corrected chi connectivity index (χ3v) is 6.66. The van der Waals surface area contributed by atoms with E-state index in [-0.39, 0.29) is 17.5 Å². The fourth-order valence-corrected chi connectivity index (χ4v) is 4.82. The van der Waals surface area contributed by atoms with Gasteiger partial charge in [0.2, 0.25) is 10.0 Å². The van der Waals surface area contributed by atoms with Crippen molar-refractivity contribution in [1.82, 2.24) is 9.62 Å². The van der Waals surface area contributed by atoms with Crippen LogP contribution >= 0.6 is 11.3 Å². The Morgan fingerprint density at radius 3 is 2.72 bits per heavy atom. The van der Waals surface area contributed by atoms with Crippen LogP contribution in [0.2, 0.25) is 0 Å². The predicted octanol–water partition coefficient (Wildman–Crippen LogP) is 2.55. The second kappa shape index (κ2) is 7.92. The van der Waals surface area contributed by atoms with Crippen molar-refractivity contribution < 1.29 is 17.5 Å².